The van der Waals surface area contributed by atoms with Crippen molar-refractivity contribution in [2.75, 3.05) is 0 Å². The number of carbonyl (C=O) groups excluding carboxylic acids is 1. The minimum atomic E-state index is -0.0551. The van der Waals surface area contributed by atoms with E-state index in [1.54, 1.807) is 0 Å². The summed E-state index contributed by atoms with van der Waals surface area (Å²) in [6.07, 6.45) is 8.52. The summed E-state index contributed by atoms with van der Waals surface area (Å²) in [5.41, 5.74) is 0.00112. The van der Waals surface area contributed by atoms with Gasteiger partial charge < -0.3 is 4.43 Å². The average molecular weight is 315 g/mol. The molecule has 0 heterocycles. The molecule has 1 unspecified atom stereocenters. The molecule has 3 heteroatoms. The first-order valence-electron chi connectivity index (χ1n) is 8.85. The van der Waals surface area contributed by atoms with Crippen molar-refractivity contribution in [1.82, 2.24) is 0 Å². The van der Waals surface area contributed by atoms with Crippen LogP contribution < -0.4 is 0 Å². The van der Waals surface area contributed by atoms with E-state index in [4.69, 9.17) is 4.43 Å². The summed E-state index contributed by atoms with van der Waals surface area (Å²) < 4.78 is 5.61. The number of hydrogen-bond acceptors (Lipinski definition) is 2. The number of Topliss-reactive ketones (excluding diaryl/α,β-unsaturated/α-hetero) is 1. The fraction of sp³-hybridized carbons (Fsp3) is 0.944. The fourth-order valence-electron chi connectivity index (χ4n) is 3.16. The van der Waals surface area contributed by atoms with Crippen molar-refractivity contribution >= 4 is 16.3 Å². The second kappa shape index (κ2) is 9.78. The van der Waals surface area contributed by atoms with E-state index < -0.39 is 0 Å². The zero-order valence-corrected chi connectivity index (χ0v) is 17.6. The highest BCUT2D eigenvalue weighted by atomic mass is 28.2. The van der Waals surface area contributed by atoms with Crippen LogP contribution in [0.1, 0.15) is 92.9 Å². The van der Waals surface area contributed by atoms with Gasteiger partial charge in [0.15, 0.2) is 0 Å². The molecule has 0 aromatic rings. The molecule has 0 aliphatic carbocycles. The van der Waals surface area contributed by atoms with E-state index in [1.807, 2.05) is 6.92 Å². The molecule has 0 spiro atoms. The van der Waals surface area contributed by atoms with E-state index in [0.717, 1.165) is 36.2 Å². The zero-order chi connectivity index (χ0) is 16.5. The summed E-state index contributed by atoms with van der Waals surface area (Å²) >= 11 is 0. The molecule has 1 atom stereocenters. The van der Waals surface area contributed by atoms with E-state index in [-0.39, 0.29) is 11.0 Å². The van der Waals surface area contributed by atoms with E-state index in [1.165, 1.54) is 19.3 Å². The molecule has 0 aliphatic heterocycles. The summed E-state index contributed by atoms with van der Waals surface area (Å²) in [7, 11) is 0.817. The van der Waals surface area contributed by atoms with Crippen LogP contribution in [0.25, 0.3) is 0 Å². The second-order valence-electron chi connectivity index (χ2n) is 7.26. The van der Waals surface area contributed by atoms with Crippen molar-refractivity contribution < 1.29 is 9.22 Å². The van der Waals surface area contributed by atoms with Crippen LogP contribution in [0.4, 0.5) is 0 Å². The molecule has 0 aromatic carbocycles. The van der Waals surface area contributed by atoms with Crippen molar-refractivity contribution in [3.05, 3.63) is 0 Å². The fourth-order valence-corrected chi connectivity index (χ4v) is 3.36. The Balaban J connectivity index is 4.26. The highest BCUT2D eigenvalue weighted by molar-refractivity contribution is 5.98. The molecular formula is C18H38O2Si. The minimum Gasteiger partial charge on any atom is -0.423 e. The van der Waals surface area contributed by atoms with Gasteiger partial charge in [-0.15, -0.1) is 0 Å². The summed E-state index contributed by atoms with van der Waals surface area (Å²) in [6.45, 7) is 13.1. The molecule has 0 aromatic heterocycles. The topological polar surface area (TPSA) is 26.3 Å². The van der Waals surface area contributed by atoms with Gasteiger partial charge in [-0.2, -0.15) is 0 Å². The first-order chi connectivity index (χ1) is 9.76. The van der Waals surface area contributed by atoms with Crippen LogP contribution in [0.3, 0.4) is 0 Å². The van der Waals surface area contributed by atoms with Gasteiger partial charge in [-0.3, -0.25) is 4.79 Å². The minimum absolute atomic E-state index is 0.0551. The van der Waals surface area contributed by atoms with Gasteiger partial charge in [0.05, 0.1) is 0 Å². The van der Waals surface area contributed by atoms with Gasteiger partial charge in [-0.1, -0.05) is 40.5 Å². The summed E-state index contributed by atoms with van der Waals surface area (Å²) in [6, 6.07) is 0. The third kappa shape index (κ3) is 7.10. The Morgan fingerprint density at radius 2 is 1.67 bits per heavy atom. The van der Waals surface area contributed by atoms with Gasteiger partial charge in [0.2, 0.25) is 0 Å². The Morgan fingerprint density at radius 3 is 2.10 bits per heavy atom. The van der Waals surface area contributed by atoms with Crippen LogP contribution in [0.15, 0.2) is 0 Å². The number of hydrogen-bond donors (Lipinski definition) is 0. The van der Waals surface area contributed by atoms with Crippen LogP contribution in [0, 0.1) is 11.3 Å². The highest BCUT2D eigenvalue weighted by Crippen LogP contribution is 2.36. The van der Waals surface area contributed by atoms with Crippen molar-refractivity contribution in [3.8, 4) is 0 Å². The highest BCUT2D eigenvalue weighted by Gasteiger charge is 2.33. The summed E-state index contributed by atoms with van der Waals surface area (Å²) in [4.78, 5) is 12.3. The first kappa shape index (κ1) is 20.8. The number of rotatable bonds is 12. The van der Waals surface area contributed by atoms with Crippen LogP contribution >= 0.6 is 0 Å². The van der Waals surface area contributed by atoms with Gasteiger partial charge >= 0.3 is 0 Å². The lowest BCUT2D eigenvalue weighted by Crippen LogP contribution is -2.30. The second-order valence-corrected chi connectivity index (χ2v) is 7.67. The van der Waals surface area contributed by atoms with Crippen molar-refractivity contribution in [2.24, 2.45) is 11.3 Å². The third-order valence-electron chi connectivity index (χ3n) is 5.41. The Kier molecular flexibility index (Phi) is 9.71. The largest absolute Gasteiger partial charge is 0.423 e. The summed E-state index contributed by atoms with van der Waals surface area (Å²) in [5.74, 6) is 1.17. The number of carbonyl (C=O) groups is 1. The molecule has 2 nitrogen and oxygen atoms in total. The molecule has 0 N–H and O–H groups in total. The van der Waals surface area contributed by atoms with Gasteiger partial charge in [0, 0.05) is 17.4 Å². The van der Waals surface area contributed by atoms with Crippen molar-refractivity contribution in [1.29, 1.82) is 0 Å². The lowest BCUT2D eigenvalue weighted by Gasteiger charge is -2.31. The Labute approximate surface area is 136 Å². The molecule has 0 saturated heterocycles. The molecule has 0 radical (unpaired) electrons. The predicted molar refractivity (Wildman–Crippen MR) is 95.7 cm³/mol. The van der Waals surface area contributed by atoms with E-state index >= 15 is 0 Å². The lowest BCUT2D eigenvalue weighted by molar-refractivity contribution is -0.129. The lowest BCUT2D eigenvalue weighted by atomic mass is 9.72. The maximum atomic E-state index is 12.3. The summed E-state index contributed by atoms with van der Waals surface area (Å²) in [5, 5.41) is 0. The zero-order valence-electron chi connectivity index (χ0n) is 15.6. The molecule has 0 saturated carbocycles. The molecular weight excluding hydrogens is 276 g/mol. The smallest absolute Gasteiger partial charge is 0.146 e. The Bertz CT molecular complexity index is 296. The average Bonchev–Trinajstić information content (AvgIpc) is 2.48. The standard InChI is InChI=1S/C18H38O2Si/c1-7-16(19)18(8-2,9-3)14-12-15(4)11-10-13-17(5,6)20-21/h15H,7-14H2,1-6,21H3. The van der Waals surface area contributed by atoms with Crippen LogP contribution in [-0.2, 0) is 9.22 Å². The Morgan fingerprint density at radius 1 is 1.10 bits per heavy atom. The normalized spacial score (nSPS) is 14.4. The van der Waals surface area contributed by atoms with Gasteiger partial charge in [0.25, 0.3) is 0 Å². The van der Waals surface area contributed by atoms with Crippen LogP contribution in [0.5, 0.6) is 0 Å². The SMILES string of the molecule is CCC(=O)C(CC)(CC)CCC(C)CCCC(C)(C)O[SiH3]. The van der Waals surface area contributed by atoms with E-state index in [9.17, 15) is 4.79 Å². The molecule has 0 rings (SSSR count). The quantitative estimate of drug-likeness (QED) is 0.498. The third-order valence-corrected chi connectivity index (χ3v) is 6.52. The molecule has 126 valence electrons. The number of ketones is 1. The van der Waals surface area contributed by atoms with Gasteiger partial charge in [-0.05, 0) is 51.9 Å². The van der Waals surface area contributed by atoms with Crippen LogP contribution in [-0.4, -0.2) is 21.9 Å². The van der Waals surface area contributed by atoms with Gasteiger partial charge in [0.1, 0.15) is 16.3 Å². The van der Waals surface area contributed by atoms with Gasteiger partial charge in [-0.25, -0.2) is 0 Å². The maximum Gasteiger partial charge on any atom is 0.146 e. The molecule has 0 fully saturated rings. The molecule has 0 aliphatic rings. The van der Waals surface area contributed by atoms with Crippen molar-refractivity contribution in [3.63, 3.8) is 0 Å². The maximum absolute atomic E-state index is 12.3. The molecule has 21 heavy (non-hydrogen) atoms. The van der Waals surface area contributed by atoms with Crippen LogP contribution in [0.2, 0.25) is 0 Å². The first-order valence-corrected chi connectivity index (χ1v) is 9.67. The van der Waals surface area contributed by atoms with Crippen molar-refractivity contribution in [2.45, 2.75) is 98.5 Å². The Hall–Kier alpha value is -0.153. The monoisotopic (exact) mass is 314 g/mol. The molecule has 0 amide bonds. The van der Waals surface area contributed by atoms with E-state index in [2.05, 4.69) is 34.6 Å². The van der Waals surface area contributed by atoms with E-state index in [0.29, 0.717) is 18.1 Å². The molecule has 0 bridgehead atoms. The predicted octanol–water partition coefficient (Wildman–Crippen LogP) is 4.43.